The van der Waals surface area contributed by atoms with Crippen LogP contribution in [0.1, 0.15) is 53.9 Å². The van der Waals surface area contributed by atoms with Crippen LogP contribution in [0.2, 0.25) is 0 Å². The van der Waals surface area contributed by atoms with E-state index >= 15 is 0 Å². The van der Waals surface area contributed by atoms with Crippen molar-refractivity contribution in [2.75, 3.05) is 0 Å². The minimum Gasteiger partial charge on any atom is -0.444 e. The number of likely N-dealkylation sites (tertiary alicyclic amines) is 1. The topological polar surface area (TPSA) is 29.5 Å². The van der Waals surface area contributed by atoms with Crippen LogP contribution in [0.5, 0.6) is 0 Å². The summed E-state index contributed by atoms with van der Waals surface area (Å²) in [5, 5.41) is 0. The van der Waals surface area contributed by atoms with Crippen molar-refractivity contribution in [3.63, 3.8) is 0 Å². The van der Waals surface area contributed by atoms with E-state index in [9.17, 15) is 4.79 Å². The normalized spacial score (nSPS) is 26.3. The van der Waals surface area contributed by atoms with Crippen LogP contribution in [0.4, 0.5) is 4.79 Å². The molecule has 0 radical (unpaired) electrons. The van der Waals surface area contributed by atoms with Gasteiger partial charge in [-0.2, -0.15) is 0 Å². The zero-order chi connectivity index (χ0) is 13.1. The van der Waals surface area contributed by atoms with Crippen LogP contribution in [-0.2, 0) is 4.74 Å². The average Bonchev–Trinajstić information content (AvgIpc) is 2.15. The molecule has 0 aromatic carbocycles. The summed E-state index contributed by atoms with van der Waals surface area (Å²) in [6, 6.07) is 0.457. The van der Waals surface area contributed by atoms with Gasteiger partial charge in [-0.15, -0.1) is 0 Å². The van der Waals surface area contributed by atoms with Gasteiger partial charge in [-0.05, 0) is 53.9 Å². The molecule has 0 aromatic rings. The van der Waals surface area contributed by atoms with E-state index in [1.807, 2.05) is 38.7 Å². The molecular formula is C14H25NO2. The van der Waals surface area contributed by atoms with E-state index in [0.29, 0.717) is 0 Å². The van der Waals surface area contributed by atoms with Gasteiger partial charge in [-0.3, -0.25) is 4.90 Å². The number of allylic oxidation sites excluding steroid dienone is 1. The summed E-state index contributed by atoms with van der Waals surface area (Å²) < 4.78 is 5.48. The first-order valence-electron chi connectivity index (χ1n) is 6.49. The van der Waals surface area contributed by atoms with Gasteiger partial charge >= 0.3 is 6.09 Å². The Balaban J connectivity index is 2.78. The first kappa shape index (κ1) is 14.1. The Morgan fingerprint density at radius 1 is 1.35 bits per heavy atom. The number of rotatable bonds is 1. The standard InChI is InChI=1S/C14H25NO2/c1-6-8-12-10-7-9-11(2)15(12)13(16)17-14(3,4)5/h6,8,11-12H,7,9-10H2,1-5H3. The van der Waals surface area contributed by atoms with Crippen LogP contribution in [-0.4, -0.2) is 28.7 Å². The van der Waals surface area contributed by atoms with Gasteiger partial charge in [0.2, 0.25) is 0 Å². The number of ether oxygens (including phenoxy) is 1. The summed E-state index contributed by atoms with van der Waals surface area (Å²) in [5.74, 6) is 0. The zero-order valence-electron chi connectivity index (χ0n) is 11.7. The molecule has 1 fully saturated rings. The van der Waals surface area contributed by atoms with E-state index in [-0.39, 0.29) is 18.2 Å². The van der Waals surface area contributed by atoms with Crippen LogP contribution >= 0.6 is 0 Å². The molecule has 2 unspecified atom stereocenters. The monoisotopic (exact) mass is 239 g/mol. The molecule has 0 aromatic heterocycles. The largest absolute Gasteiger partial charge is 0.444 e. The van der Waals surface area contributed by atoms with Crippen molar-refractivity contribution in [3.8, 4) is 0 Å². The van der Waals surface area contributed by atoms with Crippen molar-refractivity contribution in [1.82, 2.24) is 4.90 Å². The van der Waals surface area contributed by atoms with Crippen molar-refractivity contribution in [2.45, 2.75) is 71.6 Å². The third-order valence-corrected chi connectivity index (χ3v) is 2.97. The fourth-order valence-electron chi connectivity index (χ4n) is 2.27. The Hall–Kier alpha value is -0.990. The lowest BCUT2D eigenvalue weighted by molar-refractivity contribution is 0.00360. The molecule has 3 nitrogen and oxygen atoms in total. The Labute approximate surface area is 105 Å². The summed E-state index contributed by atoms with van der Waals surface area (Å²) >= 11 is 0. The predicted octanol–water partition coefficient (Wildman–Crippen LogP) is 3.74. The second kappa shape index (κ2) is 5.56. The van der Waals surface area contributed by atoms with Gasteiger partial charge in [0, 0.05) is 6.04 Å². The van der Waals surface area contributed by atoms with E-state index < -0.39 is 5.60 Å². The molecule has 17 heavy (non-hydrogen) atoms. The Kier molecular flexibility index (Phi) is 4.61. The van der Waals surface area contributed by atoms with Crippen molar-refractivity contribution in [2.24, 2.45) is 0 Å². The van der Waals surface area contributed by atoms with Crippen LogP contribution in [0, 0.1) is 0 Å². The van der Waals surface area contributed by atoms with Gasteiger partial charge in [0.25, 0.3) is 0 Å². The number of hydrogen-bond acceptors (Lipinski definition) is 2. The molecule has 1 amide bonds. The third-order valence-electron chi connectivity index (χ3n) is 2.97. The summed E-state index contributed by atoms with van der Waals surface area (Å²) in [4.78, 5) is 14.1. The molecule has 1 rings (SSSR count). The molecule has 0 N–H and O–H groups in total. The maximum Gasteiger partial charge on any atom is 0.411 e. The lowest BCUT2D eigenvalue weighted by atomic mass is 9.96. The molecule has 1 heterocycles. The van der Waals surface area contributed by atoms with E-state index in [4.69, 9.17) is 4.74 Å². The van der Waals surface area contributed by atoms with Crippen LogP contribution in [0.15, 0.2) is 12.2 Å². The van der Waals surface area contributed by atoms with Crippen LogP contribution in [0.3, 0.4) is 0 Å². The molecule has 0 saturated carbocycles. The number of carbonyl (C=O) groups excluding carboxylic acids is 1. The SMILES string of the molecule is CC=CC1CCCC(C)N1C(=O)OC(C)(C)C. The smallest absolute Gasteiger partial charge is 0.411 e. The van der Waals surface area contributed by atoms with Crippen LogP contribution in [0.25, 0.3) is 0 Å². The number of carbonyl (C=O) groups is 1. The molecule has 1 aliphatic rings. The summed E-state index contributed by atoms with van der Waals surface area (Å²) in [6.45, 7) is 9.81. The van der Waals surface area contributed by atoms with E-state index in [1.54, 1.807) is 0 Å². The highest BCUT2D eigenvalue weighted by Gasteiger charge is 2.33. The molecule has 1 saturated heterocycles. The van der Waals surface area contributed by atoms with Gasteiger partial charge in [-0.1, -0.05) is 12.2 Å². The maximum atomic E-state index is 12.2. The molecule has 0 spiro atoms. The van der Waals surface area contributed by atoms with E-state index in [2.05, 4.69) is 13.0 Å². The fraction of sp³-hybridized carbons (Fsp3) is 0.786. The first-order chi connectivity index (χ1) is 7.85. The molecule has 0 aliphatic carbocycles. The van der Waals surface area contributed by atoms with E-state index in [1.165, 1.54) is 6.42 Å². The lowest BCUT2D eigenvalue weighted by Crippen LogP contribution is -2.49. The van der Waals surface area contributed by atoms with Gasteiger partial charge in [0.1, 0.15) is 5.60 Å². The summed E-state index contributed by atoms with van der Waals surface area (Å²) in [5.41, 5.74) is -0.422. The Morgan fingerprint density at radius 3 is 2.53 bits per heavy atom. The average molecular weight is 239 g/mol. The Bertz CT molecular complexity index is 291. The first-order valence-corrected chi connectivity index (χ1v) is 6.49. The van der Waals surface area contributed by atoms with Crippen molar-refractivity contribution in [3.05, 3.63) is 12.2 Å². The lowest BCUT2D eigenvalue weighted by Gasteiger charge is -2.39. The van der Waals surface area contributed by atoms with Gasteiger partial charge in [-0.25, -0.2) is 4.79 Å². The minimum atomic E-state index is -0.422. The number of amides is 1. The van der Waals surface area contributed by atoms with Crippen molar-refractivity contribution < 1.29 is 9.53 Å². The quantitative estimate of drug-likeness (QED) is 0.652. The maximum absolute atomic E-state index is 12.2. The number of hydrogen-bond donors (Lipinski definition) is 0. The third kappa shape index (κ3) is 4.06. The predicted molar refractivity (Wildman–Crippen MR) is 70.0 cm³/mol. The van der Waals surface area contributed by atoms with Crippen LogP contribution < -0.4 is 0 Å². The molecular weight excluding hydrogens is 214 g/mol. The number of piperidine rings is 1. The number of nitrogens with zero attached hydrogens (tertiary/aromatic N) is 1. The molecule has 98 valence electrons. The fourth-order valence-corrected chi connectivity index (χ4v) is 2.27. The molecule has 0 bridgehead atoms. The molecule has 1 aliphatic heterocycles. The molecule has 3 heteroatoms. The minimum absolute atomic E-state index is 0.187. The summed E-state index contributed by atoms with van der Waals surface area (Å²) in [6.07, 6.45) is 7.20. The summed E-state index contributed by atoms with van der Waals surface area (Å²) in [7, 11) is 0. The van der Waals surface area contributed by atoms with Gasteiger partial charge in [0.05, 0.1) is 6.04 Å². The highest BCUT2D eigenvalue weighted by atomic mass is 16.6. The zero-order valence-corrected chi connectivity index (χ0v) is 11.7. The second-order valence-electron chi connectivity index (χ2n) is 5.76. The van der Waals surface area contributed by atoms with Crippen molar-refractivity contribution >= 4 is 6.09 Å². The second-order valence-corrected chi connectivity index (χ2v) is 5.76. The van der Waals surface area contributed by atoms with E-state index in [0.717, 1.165) is 12.8 Å². The Morgan fingerprint density at radius 2 is 2.00 bits per heavy atom. The molecule has 2 atom stereocenters. The highest BCUT2D eigenvalue weighted by Crippen LogP contribution is 2.25. The van der Waals surface area contributed by atoms with Gasteiger partial charge in [0.15, 0.2) is 0 Å². The highest BCUT2D eigenvalue weighted by molar-refractivity contribution is 5.69. The van der Waals surface area contributed by atoms with Gasteiger partial charge < -0.3 is 4.74 Å². The van der Waals surface area contributed by atoms with Crippen molar-refractivity contribution in [1.29, 1.82) is 0 Å².